The molecule has 10 heteroatoms. The van der Waals surface area contributed by atoms with Crippen LogP contribution in [0.15, 0.2) is 12.1 Å². The number of hydrogen-bond donors (Lipinski definition) is 2. The van der Waals surface area contributed by atoms with E-state index >= 15 is 0 Å². The number of piperidine rings is 1. The van der Waals surface area contributed by atoms with Gasteiger partial charge in [-0.05, 0) is 19.3 Å². The van der Waals surface area contributed by atoms with Crippen molar-refractivity contribution in [2.75, 3.05) is 32.6 Å². The number of methoxy groups -OCH3 is 3. The van der Waals surface area contributed by atoms with Gasteiger partial charge < -0.3 is 19.3 Å². The van der Waals surface area contributed by atoms with Crippen molar-refractivity contribution in [3.63, 3.8) is 0 Å². The molecular weight excluding hydrogens is 352 g/mol. The SMILES string of the molecule is COc1cc(NS(=O)(=O)N2CCCC[C@H]2C(=O)O)cc(OC)c1OC. The van der Waals surface area contributed by atoms with Crippen molar-refractivity contribution in [3.8, 4) is 17.2 Å². The Labute approximate surface area is 146 Å². The molecule has 0 radical (unpaired) electrons. The molecule has 0 amide bonds. The van der Waals surface area contributed by atoms with Crippen LogP contribution in [0.1, 0.15) is 19.3 Å². The van der Waals surface area contributed by atoms with Crippen molar-refractivity contribution >= 4 is 21.9 Å². The molecule has 9 nitrogen and oxygen atoms in total. The van der Waals surface area contributed by atoms with Crippen LogP contribution >= 0.6 is 0 Å². The second-order valence-corrected chi connectivity index (χ2v) is 7.10. The second-order valence-electron chi connectivity index (χ2n) is 5.48. The quantitative estimate of drug-likeness (QED) is 0.739. The van der Waals surface area contributed by atoms with E-state index in [4.69, 9.17) is 14.2 Å². The van der Waals surface area contributed by atoms with Crippen LogP contribution in [0.5, 0.6) is 17.2 Å². The summed E-state index contributed by atoms with van der Waals surface area (Å²) in [7, 11) is 0.225. The summed E-state index contributed by atoms with van der Waals surface area (Å²) in [6, 6.07) is 1.81. The van der Waals surface area contributed by atoms with E-state index in [1.807, 2.05) is 0 Å². The summed E-state index contributed by atoms with van der Waals surface area (Å²) < 4.78 is 44.3. The Balaban J connectivity index is 2.35. The van der Waals surface area contributed by atoms with Gasteiger partial charge in [-0.2, -0.15) is 12.7 Å². The number of nitrogens with one attached hydrogen (secondary N) is 1. The van der Waals surface area contributed by atoms with Crippen LogP contribution in [0.25, 0.3) is 0 Å². The van der Waals surface area contributed by atoms with E-state index in [-0.39, 0.29) is 30.2 Å². The van der Waals surface area contributed by atoms with E-state index in [9.17, 15) is 18.3 Å². The molecule has 2 rings (SSSR count). The largest absolute Gasteiger partial charge is 0.493 e. The Hall–Kier alpha value is -2.20. The molecule has 140 valence electrons. The minimum Gasteiger partial charge on any atom is -0.493 e. The molecule has 25 heavy (non-hydrogen) atoms. The first-order chi connectivity index (χ1) is 11.8. The van der Waals surface area contributed by atoms with Crippen LogP contribution in [-0.2, 0) is 15.0 Å². The third-order valence-corrected chi connectivity index (χ3v) is 5.51. The zero-order valence-corrected chi connectivity index (χ0v) is 15.1. The van der Waals surface area contributed by atoms with E-state index < -0.39 is 22.2 Å². The van der Waals surface area contributed by atoms with E-state index in [2.05, 4.69) is 4.72 Å². The normalized spacial score (nSPS) is 18.4. The predicted molar refractivity (Wildman–Crippen MR) is 90.6 cm³/mol. The van der Waals surface area contributed by atoms with Crippen molar-refractivity contribution in [2.45, 2.75) is 25.3 Å². The van der Waals surface area contributed by atoms with E-state index in [1.165, 1.54) is 33.5 Å². The summed E-state index contributed by atoms with van der Waals surface area (Å²) in [5.41, 5.74) is 0.184. The van der Waals surface area contributed by atoms with Crippen molar-refractivity contribution in [1.82, 2.24) is 4.31 Å². The molecule has 1 saturated heterocycles. The number of carbonyl (C=O) groups is 1. The summed E-state index contributed by atoms with van der Waals surface area (Å²) in [4.78, 5) is 11.4. The maximum atomic E-state index is 12.7. The van der Waals surface area contributed by atoms with Gasteiger partial charge in [-0.3, -0.25) is 9.52 Å². The van der Waals surface area contributed by atoms with Gasteiger partial charge >= 0.3 is 16.2 Å². The van der Waals surface area contributed by atoms with Gasteiger partial charge in [0.1, 0.15) is 6.04 Å². The molecule has 1 aromatic rings. The third kappa shape index (κ3) is 4.07. The molecule has 0 spiro atoms. The summed E-state index contributed by atoms with van der Waals surface area (Å²) >= 11 is 0. The van der Waals surface area contributed by atoms with Gasteiger partial charge in [0.2, 0.25) is 5.75 Å². The number of aliphatic carboxylic acids is 1. The molecular formula is C15H22N2O7S. The van der Waals surface area contributed by atoms with Gasteiger partial charge in [0.25, 0.3) is 0 Å². The molecule has 1 aliphatic rings. The molecule has 0 aliphatic carbocycles. The zero-order chi connectivity index (χ0) is 18.6. The van der Waals surface area contributed by atoms with E-state index in [0.29, 0.717) is 18.6 Å². The zero-order valence-electron chi connectivity index (χ0n) is 14.3. The van der Waals surface area contributed by atoms with Crippen molar-refractivity contribution in [2.24, 2.45) is 0 Å². The second kappa shape index (κ2) is 7.79. The van der Waals surface area contributed by atoms with Gasteiger partial charge in [-0.25, -0.2) is 0 Å². The van der Waals surface area contributed by atoms with Gasteiger partial charge in [0, 0.05) is 18.7 Å². The number of carboxylic acids is 1. The fraction of sp³-hybridized carbons (Fsp3) is 0.533. The van der Waals surface area contributed by atoms with Crippen LogP contribution in [-0.4, -0.2) is 57.7 Å². The summed E-state index contributed by atoms with van der Waals surface area (Å²) in [5, 5.41) is 9.28. The lowest BCUT2D eigenvalue weighted by Crippen LogP contribution is -2.49. The van der Waals surface area contributed by atoms with E-state index in [0.717, 1.165) is 4.31 Å². The fourth-order valence-electron chi connectivity index (χ4n) is 2.79. The summed E-state index contributed by atoms with van der Waals surface area (Å²) in [5.74, 6) is -0.259. The lowest BCUT2D eigenvalue weighted by molar-refractivity contribution is -0.142. The Morgan fingerprint density at radius 3 is 2.24 bits per heavy atom. The molecule has 0 bridgehead atoms. The topological polar surface area (TPSA) is 114 Å². The summed E-state index contributed by atoms with van der Waals surface area (Å²) in [6.07, 6.45) is 1.57. The number of hydrogen-bond acceptors (Lipinski definition) is 6. The minimum absolute atomic E-state index is 0.150. The van der Waals surface area contributed by atoms with Crippen LogP contribution in [0.3, 0.4) is 0 Å². The first kappa shape index (κ1) is 19.1. The van der Waals surface area contributed by atoms with Crippen molar-refractivity contribution in [3.05, 3.63) is 12.1 Å². The van der Waals surface area contributed by atoms with Gasteiger partial charge in [0.05, 0.1) is 27.0 Å². The van der Waals surface area contributed by atoms with Crippen LogP contribution in [0, 0.1) is 0 Å². The highest BCUT2D eigenvalue weighted by Gasteiger charge is 2.37. The molecule has 1 fully saturated rings. The van der Waals surface area contributed by atoms with Gasteiger partial charge in [-0.15, -0.1) is 0 Å². The number of nitrogens with zero attached hydrogens (tertiary/aromatic N) is 1. The molecule has 0 unspecified atom stereocenters. The Bertz CT molecular complexity index is 710. The summed E-state index contributed by atoms with van der Waals surface area (Å²) in [6.45, 7) is 0.150. The van der Waals surface area contributed by atoms with Gasteiger partial charge in [-0.1, -0.05) is 0 Å². The van der Waals surface area contributed by atoms with Crippen molar-refractivity contribution in [1.29, 1.82) is 0 Å². The Morgan fingerprint density at radius 2 is 1.76 bits per heavy atom. The average molecular weight is 374 g/mol. The molecule has 1 heterocycles. The first-order valence-electron chi connectivity index (χ1n) is 7.66. The monoisotopic (exact) mass is 374 g/mol. The number of anilines is 1. The number of carboxylic acid groups (broad SMARTS) is 1. The van der Waals surface area contributed by atoms with Gasteiger partial charge in [0.15, 0.2) is 11.5 Å². The Morgan fingerprint density at radius 1 is 1.16 bits per heavy atom. The highest BCUT2D eigenvalue weighted by Crippen LogP contribution is 2.40. The standard InChI is InChI=1S/C15H22N2O7S/c1-22-12-8-10(9-13(23-2)14(12)24-3)16-25(20,21)17-7-5-4-6-11(17)15(18)19/h8-9,11,16H,4-7H2,1-3H3,(H,18,19)/t11-/m0/s1. The highest BCUT2D eigenvalue weighted by atomic mass is 32.2. The molecule has 1 aromatic carbocycles. The molecule has 0 saturated carbocycles. The van der Waals surface area contributed by atoms with Crippen molar-refractivity contribution < 1.29 is 32.5 Å². The smallest absolute Gasteiger partial charge is 0.322 e. The lowest BCUT2D eigenvalue weighted by Gasteiger charge is -2.32. The van der Waals surface area contributed by atoms with Crippen LogP contribution in [0.4, 0.5) is 5.69 Å². The maximum Gasteiger partial charge on any atom is 0.322 e. The van der Waals surface area contributed by atoms with Crippen LogP contribution in [0.2, 0.25) is 0 Å². The number of ether oxygens (including phenoxy) is 3. The molecule has 2 N–H and O–H groups in total. The molecule has 1 atom stereocenters. The van der Waals surface area contributed by atoms with Crippen LogP contribution < -0.4 is 18.9 Å². The Kier molecular flexibility index (Phi) is 5.96. The maximum absolute atomic E-state index is 12.7. The average Bonchev–Trinajstić information content (AvgIpc) is 2.60. The third-order valence-electron chi connectivity index (χ3n) is 3.96. The first-order valence-corrected chi connectivity index (χ1v) is 9.10. The number of rotatable bonds is 7. The van der Waals surface area contributed by atoms with E-state index in [1.54, 1.807) is 0 Å². The molecule has 1 aliphatic heterocycles. The predicted octanol–water partition coefficient (Wildman–Crippen LogP) is 1.31. The minimum atomic E-state index is -4.05. The number of benzene rings is 1. The lowest BCUT2D eigenvalue weighted by atomic mass is 10.1. The highest BCUT2D eigenvalue weighted by molar-refractivity contribution is 7.90. The fourth-order valence-corrected chi connectivity index (χ4v) is 4.22. The molecule has 0 aromatic heterocycles.